The Hall–Kier alpha value is -1.09. The molecule has 90 valence electrons. The largest absolute Gasteiger partial charge is 0.369 e. The first-order valence-electron chi connectivity index (χ1n) is 6.07. The third-order valence-electron chi connectivity index (χ3n) is 2.55. The summed E-state index contributed by atoms with van der Waals surface area (Å²) in [4.78, 5) is 4.58. The number of fused-ring (bicyclic) bond motifs is 2. The number of anilines is 1. The van der Waals surface area contributed by atoms with Crippen molar-refractivity contribution in [3.8, 4) is 0 Å². The SMILES string of the molecule is Brc1ccc2cc3c(nc2c1)NCC3.CCC. The molecule has 0 saturated heterocycles. The molecule has 0 saturated carbocycles. The van der Waals surface area contributed by atoms with E-state index in [1.165, 1.54) is 17.4 Å². The van der Waals surface area contributed by atoms with Gasteiger partial charge in [0.15, 0.2) is 0 Å². The van der Waals surface area contributed by atoms with Gasteiger partial charge in [0.1, 0.15) is 5.82 Å². The van der Waals surface area contributed by atoms with Gasteiger partial charge >= 0.3 is 0 Å². The Balaban J connectivity index is 0.000000329. The van der Waals surface area contributed by atoms with Crippen molar-refractivity contribution in [2.75, 3.05) is 11.9 Å². The van der Waals surface area contributed by atoms with E-state index in [-0.39, 0.29) is 0 Å². The maximum absolute atomic E-state index is 4.58. The van der Waals surface area contributed by atoms with Gasteiger partial charge in [0, 0.05) is 16.4 Å². The summed E-state index contributed by atoms with van der Waals surface area (Å²) < 4.78 is 1.08. The van der Waals surface area contributed by atoms with Crippen molar-refractivity contribution in [1.82, 2.24) is 4.98 Å². The third-order valence-corrected chi connectivity index (χ3v) is 3.04. The maximum Gasteiger partial charge on any atom is 0.129 e. The molecule has 1 aromatic heterocycles. The molecule has 3 heteroatoms. The summed E-state index contributed by atoms with van der Waals surface area (Å²) in [6, 6.07) is 8.43. The van der Waals surface area contributed by atoms with E-state index in [1.807, 2.05) is 0 Å². The molecule has 0 atom stereocenters. The van der Waals surface area contributed by atoms with Crippen LogP contribution < -0.4 is 5.32 Å². The highest BCUT2D eigenvalue weighted by molar-refractivity contribution is 9.10. The number of halogens is 1. The number of benzene rings is 1. The minimum absolute atomic E-state index is 1.01. The first kappa shape index (κ1) is 12.4. The predicted molar refractivity (Wildman–Crippen MR) is 77.6 cm³/mol. The molecule has 1 aromatic carbocycles. The Labute approximate surface area is 111 Å². The average molecular weight is 293 g/mol. The minimum atomic E-state index is 1.01. The van der Waals surface area contributed by atoms with Gasteiger partial charge in [-0.05, 0) is 30.2 Å². The van der Waals surface area contributed by atoms with Crippen LogP contribution in [0.2, 0.25) is 0 Å². The van der Waals surface area contributed by atoms with Crippen molar-refractivity contribution in [2.45, 2.75) is 26.7 Å². The summed E-state index contributed by atoms with van der Waals surface area (Å²) in [6.45, 7) is 5.26. The molecular weight excluding hydrogens is 276 g/mol. The van der Waals surface area contributed by atoms with Crippen molar-refractivity contribution >= 4 is 32.7 Å². The topological polar surface area (TPSA) is 24.9 Å². The molecule has 1 aliphatic heterocycles. The lowest BCUT2D eigenvalue weighted by atomic mass is 10.1. The Bertz CT molecular complexity index is 523. The van der Waals surface area contributed by atoms with E-state index in [1.54, 1.807) is 0 Å². The van der Waals surface area contributed by atoms with E-state index in [9.17, 15) is 0 Å². The fraction of sp³-hybridized carbons (Fsp3) is 0.357. The number of pyridine rings is 1. The zero-order chi connectivity index (χ0) is 12.3. The van der Waals surface area contributed by atoms with Crippen LogP contribution in [0.1, 0.15) is 25.8 Å². The van der Waals surface area contributed by atoms with Crippen molar-refractivity contribution in [3.05, 3.63) is 34.3 Å². The van der Waals surface area contributed by atoms with E-state index >= 15 is 0 Å². The Kier molecular flexibility index (Phi) is 4.00. The Morgan fingerprint density at radius 2 is 2.06 bits per heavy atom. The summed E-state index contributed by atoms with van der Waals surface area (Å²) >= 11 is 3.45. The fourth-order valence-corrected chi connectivity index (χ4v) is 2.19. The first-order valence-corrected chi connectivity index (χ1v) is 6.87. The highest BCUT2D eigenvalue weighted by Gasteiger charge is 2.11. The molecule has 3 rings (SSSR count). The maximum atomic E-state index is 4.58. The summed E-state index contributed by atoms with van der Waals surface area (Å²) in [6.07, 6.45) is 2.34. The molecule has 2 heterocycles. The van der Waals surface area contributed by atoms with Crippen molar-refractivity contribution in [3.63, 3.8) is 0 Å². The van der Waals surface area contributed by atoms with Gasteiger partial charge in [-0.3, -0.25) is 0 Å². The lowest BCUT2D eigenvalue weighted by Crippen LogP contribution is -1.93. The molecule has 0 bridgehead atoms. The normalized spacial score (nSPS) is 12.6. The highest BCUT2D eigenvalue weighted by Crippen LogP contribution is 2.26. The van der Waals surface area contributed by atoms with Crippen LogP contribution in [0.4, 0.5) is 5.82 Å². The molecule has 0 radical (unpaired) electrons. The van der Waals surface area contributed by atoms with E-state index in [2.05, 4.69) is 64.3 Å². The molecule has 17 heavy (non-hydrogen) atoms. The molecule has 0 fully saturated rings. The lowest BCUT2D eigenvalue weighted by Gasteiger charge is -2.02. The molecule has 0 spiro atoms. The summed E-state index contributed by atoms with van der Waals surface area (Å²) in [7, 11) is 0. The Morgan fingerprint density at radius 1 is 1.29 bits per heavy atom. The van der Waals surface area contributed by atoms with Crippen molar-refractivity contribution in [2.24, 2.45) is 0 Å². The van der Waals surface area contributed by atoms with Gasteiger partial charge < -0.3 is 5.32 Å². The number of rotatable bonds is 0. The van der Waals surface area contributed by atoms with Crippen molar-refractivity contribution in [1.29, 1.82) is 0 Å². The van der Waals surface area contributed by atoms with E-state index in [0.29, 0.717) is 0 Å². The van der Waals surface area contributed by atoms with Crippen LogP contribution in [0, 0.1) is 0 Å². The van der Waals surface area contributed by atoms with Crippen LogP contribution in [0.3, 0.4) is 0 Å². The van der Waals surface area contributed by atoms with Gasteiger partial charge in [0.25, 0.3) is 0 Å². The first-order chi connectivity index (χ1) is 8.24. The van der Waals surface area contributed by atoms with E-state index < -0.39 is 0 Å². The lowest BCUT2D eigenvalue weighted by molar-refractivity contribution is 1.09. The van der Waals surface area contributed by atoms with Crippen molar-refractivity contribution < 1.29 is 0 Å². The zero-order valence-electron chi connectivity index (χ0n) is 10.3. The highest BCUT2D eigenvalue weighted by atomic mass is 79.9. The van der Waals surface area contributed by atoms with Gasteiger partial charge in [0.2, 0.25) is 0 Å². The standard InChI is InChI=1S/C11H9BrN2.C3H8/c12-9-2-1-7-5-8-3-4-13-11(8)14-10(7)6-9;1-3-2/h1-2,5-6H,3-4H2,(H,13,14);3H2,1-2H3. The summed E-state index contributed by atoms with van der Waals surface area (Å²) in [5.74, 6) is 1.05. The van der Waals surface area contributed by atoms with Gasteiger partial charge in [-0.15, -0.1) is 0 Å². The summed E-state index contributed by atoms with van der Waals surface area (Å²) in [5, 5.41) is 4.50. The number of hydrogen-bond acceptors (Lipinski definition) is 2. The second kappa shape index (κ2) is 5.50. The number of nitrogens with one attached hydrogen (secondary N) is 1. The third kappa shape index (κ3) is 2.78. The van der Waals surface area contributed by atoms with Crippen LogP contribution in [0.5, 0.6) is 0 Å². The van der Waals surface area contributed by atoms with Crippen LogP contribution in [-0.2, 0) is 6.42 Å². The number of hydrogen-bond donors (Lipinski definition) is 1. The monoisotopic (exact) mass is 292 g/mol. The van der Waals surface area contributed by atoms with Crippen LogP contribution in [0.15, 0.2) is 28.7 Å². The second-order valence-electron chi connectivity index (χ2n) is 4.22. The molecule has 2 nitrogen and oxygen atoms in total. The molecule has 1 aliphatic rings. The quantitative estimate of drug-likeness (QED) is 0.779. The van der Waals surface area contributed by atoms with Gasteiger partial charge in [-0.2, -0.15) is 0 Å². The molecule has 0 aliphatic carbocycles. The summed E-state index contributed by atoms with van der Waals surface area (Å²) in [5.41, 5.74) is 2.38. The van der Waals surface area contributed by atoms with E-state index in [4.69, 9.17) is 0 Å². The predicted octanol–water partition coefficient (Wildman–Crippen LogP) is 4.38. The molecule has 1 N–H and O–H groups in total. The molecule has 2 aromatic rings. The molecule has 0 amide bonds. The number of aromatic nitrogens is 1. The zero-order valence-corrected chi connectivity index (χ0v) is 11.8. The average Bonchev–Trinajstić information content (AvgIpc) is 2.74. The number of nitrogens with zero attached hydrogens (tertiary/aromatic N) is 1. The van der Waals surface area contributed by atoms with Gasteiger partial charge in [-0.1, -0.05) is 42.3 Å². The minimum Gasteiger partial charge on any atom is -0.369 e. The Morgan fingerprint density at radius 3 is 2.82 bits per heavy atom. The van der Waals surface area contributed by atoms with E-state index in [0.717, 1.165) is 28.8 Å². The molecule has 0 unspecified atom stereocenters. The van der Waals surface area contributed by atoms with Gasteiger partial charge in [0.05, 0.1) is 5.52 Å². The molecular formula is C14H17BrN2. The van der Waals surface area contributed by atoms with Crippen LogP contribution >= 0.6 is 15.9 Å². The van der Waals surface area contributed by atoms with Crippen LogP contribution in [0.25, 0.3) is 10.9 Å². The second-order valence-corrected chi connectivity index (χ2v) is 5.13. The smallest absolute Gasteiger partial charge is 0.129 e. The fourth-order valence-electron chi connectivity index (χ4n) is 1.84. The van der Waals surface area contributed by atoms with Crippen LogP contribution in [-0.4, -0.2) is 11.5 Å². The van der Waals surface area contributed by atoms with Gasteiger partial charge in [-0.25, -0.2) is 4.98 Å².